The van der Waals surface area contributed by atoms with Gasteiger partial charge in [0.25, 0.3) is 0 Å². The smallest absolute Gasteiger partial charge is 0.160 e. The van der Waals surface area contributed by atoms with Crippen molar-refractivity contribution in [1.82, 2.24) is 0 Å². The van der Waals surface area contributed by atoms with Gasteiger partial charge in [0.05, 0.1) is 7.11 Å². The van der Waals surface area contributed by atoms with Gasteiger partial charge in [0, 0.05) is 0 Å². The third-order valence-corrected chi connectivity index (χ3v) is 3.22. The third-order valence-electron chi connectivity index (χ3n) is 3.22. The van der Waals surface area contributed by atoms with Gasteiger partial charge in [-0.15, -0.1) is 0 Å². The van der Waals surface area contributed by atoms with E-state index in [1.807, 2.05) is 37.3 Å². The summed E-state index contributed by atoms with van der Waals surface area (Å²) in [6.07, 6.45) is 3.15. The molecule has 0 amide bonds. The highest BCUT2D eigenvalue weighted by Gasteiger charge is 2.05. The zero-order valence-corrected chi connectivity index (χ0v) is 13.0. The lowest BCUT2D eigenvalue weighted by Gasteiger charge is -2.07. The number of phenolic OH excluding ortho intramolecular Hbond substituents is 2. The molecule has 0 aliphatic heterocycles. The van der Waals surface area contributed by atoms with Crippen LogP contribution in [0.15, 0.2) is 42.5 Å². The Bertz CT molecular complexity index is 529. The van der Waals surface area contributed by atoms with Crippen molar-refractivity contribution in [2.45, 2.75) is 33.1 Å². The SMILES string of the molecule is CCCCc1cccc(OC)c1O.Cc1ccccc1O. The topological polar surface area (TPSA) is 49.7 Å². The minimum absolute atomic E-state index is 0.290. The van der Waals surface area contributed by atoms with Gasteiger partial charge in [0.2, 0.25) is 0 Å². The number of aromatic hydroxyl groups is 2. The molecule has 0 fully saturated rings. The molecule has 3 nitrogen and oxygen atoms in total. The van der Waals surface area contributed by atoms with Gasteiger partial charge in [-0.2, -0.15) is 0 Å². The minimum Gasteiger partial charge on any atom is -0.508 e. The van der Waals surface area contributed by atoms with Gasteiger partial charge in [0.15, 0.2) is 11.5 Å². The van der Waals surface area contributed by atoms with Crippen LogP contribution in [0.5, 0.6) is 17.2 Å². The molecule has 0 bridgehead atoms. The van der Waals surface area contributed by atoms with Gasteiger partial charge in [-0.3, -0.25) is 0 Å². The van der Waals surface area contributed by atoms with Gasteiger partial charge in [-0.05, 0) is 43.0 Å². The number of methoxy groups -OCH3 is 1. The van der Waals surface area contributed by atoms with Crippen LogP contribution in [0.2, 0.25) is 0 Å². The normalized spacial score (nSPS) is 9.67. The van der Waals surface area contributed by atoms with Crippen LogP contribution in [0.4, 0.5) is 0 Å². The summed E-state index contributed by atoms with van der Waals surface area (Å²) in [5, 5.41) is 18.6. The molecule has 0 saturated heterocycles. The van der Waals surface area contributed by atoms with E-state index in [0.717, 1.165) is 30.4 Å². The molecule has 2 rings (SSSR count). The highest BCUT2D eigenvalue weighted by molar-refractivity contribution is 5.45. The number of rotatable bonds is 4. The molecule has 3 heteroatoms. The summed E-state index contributed by atoms with van der Waals surface area (Å²) in [6.45, 7) is 4.01. The Morgan fingerprint density at radius 3 is 2.24 bits per heavy atom. The Morgan fingerprint density at radius 1 is 1.00 bits per heavy atom. The highest BCUT2D eigenvalue weighted by Crippen LogP contribution is 2.30. The molecule has 2 N–H and O–H groups in total. The molecule has 21 heavy (non-hydrogen) atoms. The lowest BCUT2D eigenvalue weighted by molar-refractivity contribution is 0.370. The average molecular weight is 288 g/mol. The quantitative estimate of drug-likeness (QED) is 0.874. The number of phenols is 2. The van der Waals surface area contributed by atoms with E-state index in [2.05, 4.69) is 6.92 Å². The second-order valence-corrected chi connectivity index (χ2v) is 4.86. The summed E-state index contributed by atoms with van der Waals surface area (Å²) in [5.74, 6) is 1.22. The fraction of sp³-hybridized carbons (Fsp3) is 0.333. The van der Waals surface area contributed by atoms with E-state index in [4.69, 9.17) is 9.84 Å². The summed E-state index contributed by atoms with van der Waals surface area (Å²) in [4.78, 5) is 0. The fourth-order valence-electron chi connectivity index (χ4n) is 1.86. The molecule has 114 valence electrons. The fourth-order valence-corrected chi connectivity index (χ4v) is 1.86. The first-order valence-corrected chi connectivity index (χ1v) is 7.19. The third kappa shape index (κ3) is 5.38. The number of aryl methyl sites for hydroxylation is 2. The molecule has 0 aliphatic rings. The van der Waals surface area contributed by atoms with Crippen LogP contribution in [0, 0.1) is 6.92 Å². The average Bonchev–Trinajstić information content (AvgIpc) is 2.50. The zero-order chi connectivity index (χ0) is 15.7. The lowest BCUT2D eigenvalue weighted by atomic mass is 10.1. The molecule has 0 spiro atoms. The van der Waals surface area contributed by atoms with E-state index >= 15 is 0 Å². The van der Waals surface area contributed by atoms with E-state index in [0.29, 0.717) is 17.2 Å². The first-order chi connectivity index (χ1) is 10.1. The largest absolute Gasteiger partial charge is 0.508 e. The molecule has 0 atom stereocenters. The number of hydrogen-bond acceptors (Lipinski definition) is 3. The van der Waals surface area contributed by atoms with Crippen LogP contribution in [-0.4, -0.2) is 17.3 Å². The van der Waals surface area contributed by atoms with E-state index in [9.17, 15) is 5.11 Å². The van der Waals surface area contributed by atoms with Gasteiger partial charge >= 0.3 is 0 Å². The minimum atomic E-state index is 0.290. The number of benzene rings is 2. The molecule has 0 saturated carbocycles. The Morgan fingerprint density at radius 2 is 1.71 bits per heavy atom. The Balaban J connectivity index is 0.000000235. The van der Waals surface area contributed by atoms with Gasteiger partial charge < -0.3 is 14.9 Å². The Kier molecular flexibility index (Phi) is 7.16. The van der Waals surface area contributed by atoms with E-state index in [-0.39, 0.29) is 0 Å². The summed E-state index contributed by atoms with van der Waals surface area (Å²) >= 11 is 0. The monoisotopic (exact) mass is 288 g/mol. The summed E-state index contributed by atoms with van der Waals surface area (Å²) < 4.78 is 5.02. The van der Waals surface area contributed by atoms with E-state index in [1.54, 1.807) is 19.2 Å². The predicted molar refractivity (Wildman–Crippen MR) is 86.1 cm³/mol. The van der Waals surface area contributed by atoms with E-state index < -0.39 is 0 Å². The lowest BCUT2D eigenvalue weighted by Crippen LogP contribution is -1.89. The van der Waals surface area contributed by atoms with Gasteiger partial charge in [-0.1, -0.05) is 43.7 Å². The molecule has 2 aromatic rings. The van der Waals surface area contributed by atoms with Crippen molar-refractivity contribution in [3.63, 3.8) is 0 Å². The van der Waals surface area contributed by atoms with Crippen molar-refractivity contribution in [3.8, 4) is 17.2 Å². The summed E-state index contributed by atoms with van der Waals surface area (Å²) in [6, 6.07) is 12.9. The Hall–Kier alpha value is -2.16. The first-order valence-electron chi connectivity index (χ1n) is 7.19. The van der Waals surface area contributed by atoms with Crippen molar-refractivity contribution >= 4 is 0 Å². The van der Waals surface area contributed by atoms with Crippen LogP contribution in [-0.2, 0) is 6.42 Å². The molecule has 0 unspecified atom stereocenters. The first kappa shape index (κ1) is 16.9. The standard InChI is InChI=1S/C11H16O2.C7H8O/c1-3-4-6-9-7-5-8-10(13-2)11(9)12;1-6-4-2-3-5-7(6)8/h5,7-8,12H,3-4,6H2,1-2H3;2-5,8H,1H3. The maximum Gasteiger partial charge on any atom is 0.160 e. The van der Waals surface area contributed by atoms with Crippen molar-refractivity contribution in [2.75, 3.05) is 7.11 Å². The maximum absolute atomic E-state index is 9.69. The van der Waals surface area contributed by atoms with Gasteiger partial charge in [0.1, 0.15) is 5.75 Å². The van der Waals surface area contributed by atoms with Crippen LogP contribution in [0.25, 0.3) is 0 Å². The van der Waals surface area contributed by atoms with Crippen LogP contribution >= 0.6 is 0 Å². The molecule has 2 aromatic carbocycles. The number of para-hydroxylation sites is 2. The summed E-state index contributed by atoms with van der Waals surface area (Å²) in [7, 11) is 1.57. The maximum atomic E-state index is 9.69. The van der Waals surface area contributed by atoms with Crippen LogP contribution in [0.1, 0.15) is 30.9 Å². The van der Waals surface area contributed by atoms with Crippen molar-refractivity contribution < 1.29 is 14.9 Å². The summed E-state index contributed by atoms with van der Waals surface area (Å²) in [5.41, 5.74) is 1.90. The number of ether oxygens (including phenoxy) is 1. The van der Waals surface area contributed by atoms with Crippen molar-refractivity contribution in [2.24, 2.45) is 0 Å². The molecule has 0 aliphatic carbocycles. The van der Waals surface area contributed by atoms with E-state index in [1.165, 1.54) is 0 Å². The molecular formula is C18H24O3. The van der Waals surface area contributed by atoms with Crippen LogP contribution < -0.4 is 4.74 Å². The number of unbranched alkanes of at least 4 members (excludes halogenated alkanes) is 1. The molecule has 0 heterocycles. The van der Waals surface area contributed by atoms with Crippen LogP contribution in [0.3, 0.4) is 0 Å². The second-order valence-electron chi connectivity index (χ2n) is 4.86. The molecule has 0 aromatic heterocycles. The highest BCUT2D eigenvalue weighted by atomic mass is 16.5. The predicted octanol–water partition coefficient (Wildman–Crippen LogP) is 4.44. The zero-order valence-electron chi connectivity index (χ0n) is 13.0. The molecule has 0 radical (unpaired) electrons. The Labute approximate surface area is 126 Å². The van der Waals surface area contributed by atoms with Gasteiger partial charge in [-0.25, -0.2) is 0 Å². The number of hydrogen-bond donors (Lipinski definition) is 2. The van der Waals surface area contributed by atoms with Crippen molar-refractivity contribution in [1.29, 1.82) is 0 Å². The molecular weight excluding hydrogens is 264 g/mol. The second kappa shape index (κ2) is 8.90. The van der Waals surface area contributed by atoms with Crippen molar-refractivity contribution in [3.05, 3.63) is 53.6 Å².